The predicted molar refractivity (Wildman–Crippen MR) is 97.6 cm³/mol. The van der Waals surface area contributed by atoms with Crippen LogP contribution in [0.3, 0.4) is 0 Å². The van der Waals surface area contributed by atoms with E-state index in [1.54, 1.807) is 24.3 Å². The van der Waals surface area contributed by atoms with Gasteiger partial charge in [0.1, 0.15) is 0 Å². The summed E-state index contributed by atoms with van der Waals surface area (Å²) in [6, 6.07) is 10.6. The van der Waals surface area contributed by atoms with Gasteiger partial charge in [-0.15, -0.1) is 0 Å². The Bertz CT molecular complexity index is 835. The maximum Gasteiger partial charge on any atom is 0.311 e. The van der Waals surface area contributed by atoms with E-state index in [2.05, 4.69) is 10.6 Å². The molecule has 2 aromatic rings. The standard InChI is InChI=1S/C18H19N3O5/c1-3-5-17(22)19-13-6-4-7-14(11-13)20-18(23)12-8-9-16(26-2)15(10-12)21(24)25/h4,6-11H,3,5H2,1-2H3,(H,19,22)(H,20,23). The zero-order valence-electron chi connectivity index (χ0n) is 14.4. The summed E-state index contributed by atoms with van der Waals surface area (Å²) in [6.07, 6.45) is 1.14. The highest BCUT2D eigenvalue weighted by Gasteiger charge is 2.18. The van der Waals surface area contributed by atoms with Crippen LogP contribution in [0.25, 0.3) is 0 Å². The van der Waals surface area contributed by atoms with Gasteiger partial charge in [0, 0.05) is 29.4 Å². The zero-order chi connectivity index (χ0) is 19.1. The Balaban J connectivity index is 2.16. The molecule has 0 aromatic heterocycles. The molecule has 0 heterocycles. The van der Waals surface area contributed by atoms with Crippen LogP contribution in [0.2, 0.25) is 0 Å². The van der Waals surface area contributed by atoms with Crippen molar-refractivity contribution < 1.29 is 19.2 Å². The molecule has 2 N–H and O–H groups in total. The third-order valence-corrected chi connectivity index (χ3v) is 3.52. The van der Waals surface area contributed by atoms with Gasteiger partial charge in [-0.25, -0.2) is 0 Å². The summed E-state index contributed by atoms with van der Waals surface area (Å²) in [5, 5.41) is 16.5. The SMILES string of the molecule is CCCC(=O)Nc1cccc(NC(=O)c2ccc(OC)c([N+](=O)[O-])c2)c1. The molecule has 0 spiro atoms. The third kappa shape index (κ3) is 4.79. The Morgan fingerprint density at radius 3 is 2.42 bits per heavy atom. The van der Waals surface area contributed by atoms with Gasteiger partial charge in [-0.05, 0) is 36.8 Å². The second kappa shape index (κ2) is 8.61. The maximum absolute atomic E-state index is 12.4. The lowest BCUT2D eigenvalue weighted by Gasteiger charge is -2.09. The van der Waals surface area contributed by atoms with Crippen LogP contribution < -0.4 is 15.4 Å². The fourth-order valence-corrected chi connectivity index (χ4v) is 2.30. The maximum atomic E-state index is 12.4. The van der Waals surface area contributed by atoms with Crippen LogP contribution in [-0.2, 0) is 4.79 Å². The first-order valence-corrected chi connectivity index (χ1v) is 7.98. The van der Waals surface area contributed by atoms with Crippen LogP contribution in [0.5, 0.6) is 5.75 Å². The minimum atomic E-state index is -0.612. The number of carbonyl (C=O) groups is 2. The number of ether oxygens (including phenoxy) is 1. The van der Waals surface area contributed by atoms with Crippen LogP contribution >= 0.6 is 0 Å². The number of nitro groups is 1. The number of nitrogens with one attached hydrogen (secondary N) is 2. The van der Waals surface area contributed by atoms with Crippen molar-refractivity contribution in [1.82, 2.24) is 0 Å². The average molecular weight is 357 g/mol. The molecule has 0 atom stereocenters. The fraction of sp³-hybridized carbons (Fsp3) is 0.222. The molecule has 0 radical (unpaired) electrons. The molecular formula is C18H19N3O5. The highest BCUT2D eigenvalue weighted by molar-refractivity contribution is 6.05. The molecule has 2 rings (SSSR count). The van der Waals surface area contributed by atoms with Crippen molar-refractivity contribution in [2.45, 2.75) is 19.8 Å². The van der Waals surface area contributed by atoms with Gasteiger partial charge in [0.2, 0.25) is 5.91 Å². The first-order valence-electron chi connectivity index (χ1n) is 7.98. The van der Waals surface area contributed by atoms with Gasteiger partial charge >= 0.3 is 5.69 Å². The molecule has 2 aromatic carbocycles. The Morgan fingerprint density at radius 2 is 1.81 bits per heavy atom. The molecule has 0 saturated heterocycles. The second-order valence-corrected chi connectivity index (χ2v) is 5.48. The van der Waals surface area contributed by atoms with Crippen LogP contribution in [0.4, 0.5) is 17.1 Å². The van der Waals surface area contributed by atoms with E-state index in [1.807, 2.05) is 6.92 Å². The zero-order valence-corrected chi connectivity index (χ0v) is 14.4. The smallest absolute Gasteiger partial charge is 0.311 e. The third-order valence-electron chi connectivity index (χ3n) is 3.52. The fourth-order valence-electron chi connectivity index (χ4n) is 2.30. The van der Waals surface area contributed by atoms with E-state index < -0.39 is 10.8 Å². The van der Waals surface area contributed by atoms with E-state index in [0.717, 1.165) is 12.5 Å². The van der Waals surface area contributed by atoms with Gasteiger partial charge in [-0.2, -0.15) is 0 Å². The molecule has 0 aliphatic heterocycles. The van der Waals surface area contributed by atoms with Crippen molar-refractivity contribution in [2.75, 3.05) is 17.7 Å². The number of amides is 2. The molecule has 26 heavy (non-hydrogen) atoms. The molecule has 0 unspecified atom stereocenters. The van der Waals surface area contributed by atoms with Gasteiger partial charge in [0.05, 0.1) is 12.0 Å². The second-order valence-electron chi connectivity index (χ2n) is 5.48. The number of hydrogen-bond donors (Lipinski definition) is 2. The Labute approximate surface area is 150 Å². The number of methoxy groups -OCH3 is 1. The van der Waals surface area contributed by atoms with Crippen LogP contribution in [-0.4, -0.2) is 23.8 Å². The molecule has 0 bridgehead atoms. The molecular weight excluding hydrogens is 338 g/mol. The summed E-state index contributed by atoms with van der Waals surface area (Å²) in [6.45, 7) is 1.91. The summed E-state index contributed by atoms with van der Waals surface area (Å²) in [5.74, 6) is -0.540. The highest BCUT2D eigenvalue weighted by Crippen LogP contribution is 2.28. The van der Waals surface area contributed by atoms with E-state index in [9.17, 15) is 19.7 Å². The lowest BCUT2D eigenvalue weighted by molar-refractivity contribution is -0.385. The first-order chi connectivity index (χ1) is 12.4. The number of rotatable bonds is 7. The number of hydrogen-bond acceptors (Lipinski definition) is 5. The summed E-state index contributed by atoms with van der Waals surface area (Å²) >= 11 is 0. The quantitative estimate of drug-likeness (QED) is 0.581. The van der Waals surface area contributed by atoms with E-state index in [4.69, 9.17) is 4.74 Å². The molecule has 8 nitrogen and oxygen atoms in total. The first kappa shape index (κ1) is 18.9. The van der Waals surface area contributed by atoms with Gasteiger partial charge in [0.15, 0.2) is 5.75 Å². The molecule has 0 saturated carbocycles. The summed E-state index contributed by atoms with van der Waals surface area (Å²) in [4.78, 5) is 34.5. The van der Waals surface area contributed by atoms with Gasteiger partial charge < -0.3 is 15.4 Å². The Morgan fingerprint density at radius 1 is 1.12 bits per heavy atom. The highest BCUT2D eigenvalue weighted by atomic mass is 16.6. The van der Waals surface area contributed by atoms with Crippen molar-refractivity contribution in [1.29, 1.82) is 0 Å². The monoisotopic (exact) mass is 357 g/mol. The van der Waals surface area contributed by atoms with Crippen molar-refractivity contribution in [2.24, 2.45) is 0 Å². The van der Waals surface area contributed by atoms with E-state index in [-0.39, 0.29) is 22.9 Å². The lowest BCUT2D eigenvalue weighted by Crippen LogP contribution is -2.14. The summed E-state index contributed by atoms with van der Waals surface area (Å²) in [7, 11) is 1.32. The minimum absolute atomic E-state index is 0.0761. The van der Waals surface area contributed by atoms with Crippen molar-refractivity contribution in [3.05, 3.63) is 58.1 Å². The van der Waals surface area contributed by atoms with Crippen LogP contribution in [0.1, 0.15) is 30.1 Å². The van der Waals surface area contributed by atoms with Crippen LogP contribution in [0, 0.1) is 10.1 Å². The van der Waals surface area contributed by atoms with Gasteiger partial charge in [0.25, 0.3) is 5.91 Å². The predicted octanol–water partition coefficient (Wildman–Crippen LogP) is 3.59. The van der Waals surface area contributed by atoms with Crippen molar-refractivity contribution in [3.8, 4) is 5.75 Å². The van der Waals surface area contributed by atoms with E-state index in [1.165, 1.54) is 19.2 Å². The van der Waals surface area contributed by atoms with E-state index in [0.29, 0.717) is 17.8 Å². The number of anilines is 2. The minimum Gasteiger partial charge on any atom is -0.490 e. The molecule has 0 aliphatic rings. The molecule has 0 aliphatic carbocycles. The molecule has 136 valence electrons. The lowest BCUT2D eigenvalue weighted by atomic mass is 10.1. The molecule has 8 heteroatoms. The Hall–Kier alpha value is -3.42. The number of nitro benzene ring substituents is 1. The normalized spacial score (nSPS) is 10.1. The molecule has 2 amide bonds. The van der Waals surface area contributed by atoms with Crippen LogP contribution in [0.15, 0.2) is 42.5 Å². The van der Waals surface area contributed by atoms with E-state index >= 15 is 0 Å². The van der Waals surface area contributed by atoms with Gasteiger partial charge in [-0.1, -0.05) is 13.0 Å². The van der Waals surface area contributed by atoms with Gasteiger partial charge in [-0.3, -0.25) is 19.7 Å². The topological polar surface area (TPSA) is 111 Å². The molecule has 0 fully saturated rings. The number of carbonyl (C=O) groups excluding carboxylic acids is 2. The largest absolute Gasteiger partial charge is 0.490 e. The summed E-state index contributed by atoms with van der Waals surface area (Å²) < 4.78 is 4.92. The average Bonchev–Trinajstić information content (AvgIpc) is 2.61. The summed E-state index contributed by atoms with van der Waals surface area (Å²) in [5.41, 5.74) is 0.850. The number of nitrogens with zero attached hydrogens (tertiary/aromatic N) is 1. The van der Waals surface area contributed by atoms with Crippen molar-refractivity contribution >= 4 is 28.9 Å². The Kier molecular flexibility index (Phi) is 6.26. The number of benzene rings is 2. The van der Waals surface area contributed by atoms with Crippen molar-refractivity contribution in [3.63, 3.8) is 0 Å².